The van der Waals surface area contributed by atoms with Crippen LogP contribution < -0.4 is 5.73 Å². The molecular formula is C15H20BrF2N3O3. The van der Waals surface area contributed by atoms with E-state index in [9.17, 15) is 13.6 Å². The van der Waals surface area contributed by atoms with E-state index >= 15 is 0 Å². The molecule has 1 atom stereocenters. The quantitative estimate of drug-likeness (QED) is 0.831. The number of nitrogens with zero attached hydrogens (tertiary/aromatic N) is 2. The number of carbonyl (C=O) groups is 1. The molecule has 6 nitrogen and oxygen atoms in total. The Kier molecular flexibility index (Phi) is 5.34. The third-order valence-electron chi connectivity index (χ3n) is 3.32. The maximum Gasteiger partial charge on any atom is 0.410 e. The van der Waals surface area contributed by atoms with Gasteiger partial charge in [-0.2, -0.15) is 0 Å². The van der Waals surface area contributed by atoms with Crippen molar-refractivity contribution >= 4 is 27.8 Å². The lowest BCUT2D eigenvalue weighted by Crippen LogP contribution is -2.36. The van der Waals surface area contributed by atoms with E-state index in [2.05, 4.69) is 20.9 Å². The van der Waals surface area contributed by atoms with Crippen LogP contribution in [0.5, 0.6) is 0 Å². The van der Waals surface area contributed by atoms with Gasteiger partial charge in [0.2, 0.25) is 0 Å². The van der Waals surface area contributed by atoms with Gasteiger partial charge in [-0.25, -0.2) is 18.6 Å². The van der Waals surface area contributed by atoms with Crippen molar-refractivity contribution in [3.8, 4) is 0 Å². The highest BCUT2D eigenvalue weighted by Crippen LogP contribution is 2.32. The van der Waals surface area contributed by atoms with Crippen molar-refractivity contribution in [2.45, 2.75) is 45.0 Å². The Morgan fingerprint density at radius 3 is 2.83 bits per heavy atom. The van der Waals surface area contributed by atoms with Gasteiger partial charge in [0.1, 0.15) is 17.5 Å². The van der Waals surface area contributed by atoms with Crippen molar-refractivity contribution in [3.63, 3.8) is 0 Å². The average Bonchev–Trinajstić information content (AvgIpc) is 2.73. The number of pyridine rings is 1. The van der Waals surface area contributed by atoms with Crippen LogP contribution in [0.4, 0.5) is 19.4 Å². The zero-order valence-corrected chi connectivity index (χ0v) is 15.3. The summed E-state index contributed by atoms with van der Waals surface area (Å²) in [5, 5.41) is 0. The van der Waals surface area contributed by atoms with Gasteiger partial charge in [-0.1, -0.05) is 0 Å². The summed E-state index contributed by atoms with van der Waals surface area (Å²) in [4.78, 5) is 16.8. The van der Waals surface area contributed by atoms with Crippen LogP contribution in [0, 0.1) is 0 Å². The number of hydrogen-bond acceptors (Lipinski definition) is 5. The lowest BCUT2D eigenvalue weighted by Gasteiger charge is -2.24. The lowest BCUT2D eigenvalue weighted by atomic mass is 10.2. The number of rotatable bonds is 3. The van der Waals surface area contributed by atoms with Gasteiger partial charge in [0.15, 0.2) is 0 Å². The molecule has 0 bridgehead atoms. The largest absolute Gasteiger partial charge is 0.444 e. The van der Waals surface area contributed by atoms with Gasteiger partial charge in [-0.3, -0.25) is 4.90 Å². The Balaban J connectivity index is 2.00. The number of alkyl halides is 2. The molecule has 0 saturated carbocycles. The average molecular weight is 408 g/mol. The predicted molar refractivity (Wildman–Crippen MR) is 87.7 cm³/mol. The standard InChI is InChI=1S/C15H20BrF2N3O3/c1-14(2,3)24-13(22)21-6-11(15(17,18)8-21)23-7-9-4-10(16)5-20-12(9)19/h4-5,11H,6-8H2,1-3H3,(H2,19,20). The third-order valence-corrected chi connectivity index (χ3v) is 3.75. The second kappa shape index (κ2) is 6.79. The molecule has 0 spiro atoms. The number of amides is 1. The first-order chi connectivity index (χ1) is 11.0. The number of carbonyl (C=O) groups excluding carboxylic acids is 1. The number of nitrogens with two attached hydrogens (primary N) is 1. The summed E-state index contributed by atoms with van der Waals surface area (Å²) in [5.74, 6) is -2.95. The van der Waals surface area contributed by atoms with E-state index in [1.807, 2.05) is 0 Å². The summed E-state index contributed by atoms with van der Waals surface area (Å²) in [5.41, 5.74) is 5.45. The first kappa shape index (κ1) is 18.9. The van der Waals surface area contributed by atoms with E-state index in [-0.39, 0.29) is 19.0 Å². The van der Waals surface area contributed by atoms with E-state index in [0.717, 1.165) is 4.90 Å². The van der Waals surface area contributed by atoms with Crippen LogP contribution in [0.2, 0.25) is 0 Å². The normalized spacial score (nSPS) is 20.2. The summed E-state index contributed by atoms with van der Waals surface area (Å²) in [7, 11) is 0. The van der Waals surface area contributed by atoms with E-state index in [0.29, 0.717) is 10.0 Å². The number of nitrogen functional groups attached to an aromatic ring is 1. The van der Waals surface area contributed by atoms with Gasteiger partial charge in [0, 0.05) is 16.2 Å². The van der Waals surface area contributed by atoms with Crippen LogP contribution in [0.15, 0.2) is 16.7 Å². The molecule has 1 aliphatic heterocycles. The van der Waals surface area contributed by atoms with Crippen LogP contribution in [0.25, 0.3) is 0 Å². The summed E-state index contributed by atoms with van der Waals surface area (Å²) >= 11 is 3.24. The highest BCUT2D eigenvalue weighted by molar-refractivity contribution is 9.10. The molecule has 1 saturated heterocycles. The molecule has 9 heteroatoms. The SMILES string of the molecule is CC(C)(C)OC(=O)N1CC(OCc2cc(Br)cnc2N)C(F)(F)C1. The topological polar surface area (TPSA) is 77.7 Å². The Morgan fingerprint density at radius 1 is 1.54 bits per heavy atom. The molecule has 2 rings (SSSR count). The summed E-state index contributed by atoms with van der Waals surface area (Å²) in [6, 6.07) is 1.65. The van der Waals surface area contributed by atoms with Gasteiger partial charge in [-0.05, 0) is 42.8 Å². The highest BCUT2D eigenvalue weighted by Gasteiger charge is 2.51. The van der Waals surface area contributed by atoms with Gasteiger partial charge in [0.25, 0.3) is 5.92 Å². The Hall–Kier alpha value is -1.48. The zero-order chi connectivity index (χ0) is 18.1. The van der Waals surface area contributed by atoms with Crippen molar-refractivity contribution in [2.75, 3.05) is 18.8 Å². The smallest absolute Gasteiger partial charge is 0.410 e. The van der Waals surface area contributed by atoms with Crippen molar-refractivity contribution in [1.82, 2.24) is 9.88 Å². The minimum atomic E-state index is -3.16. The molecule has 0 aliphatic carbocycles. The molecule has 2 heterocycles. The molecule has 1 unspecified atom stereocenters. The number of aromatic nitrogens is 1. The zero-order valence-electron chi connectivity index (χ0n) is 13.7. The van der Waals surface area contributed by atoms with Crippen molar-refractivity contribution in [3.05, 3.63) is 22.3 Å². The fraction of sp³-hybridized carbons (Fsp3) is 0.600. The second-order valence-electron chi connectivity index (χ2n) is 6.62. The monoisotopic (exact) mass is 407 g/mol. The molecule has 24 heavy (non-hydrogen) atoms. The Morgan fingerprint density at radius 2 is 2.21 bits per heavy atom. The number of halogens is 3. The maximum atomic E-state index is 14.1. The van der Waals surface area contributed by atoms with Crippen LogP contribution in [0.1, 0.15) is 26.3 Å². The molecule has 1 aromatic rings. The fourth-order valence-electron chi connectivity index (χ4n) is 2.19. The Bertz CT molecular complexity index is 622. The molecule has 1 fully saturated rings. The molecule has 1 amide bonds. The minimum absolute atomic E-state index is 0.124. The third kappa shape index (κ3) is 4.76. The first-order valence-corrected chi connectivity index (χ1v) is 8.14. The van der Waals surface area contributed by atoms with Crippen molar-refractivity contribution in [2.24, 2.45) is 0 Å². The number of hydrogen-bond donors (Lipinski definition) is 1. The molecule has 1 aromatic heterocycles. The first-order valence-electron chi connectivity index (χ1n) is 7.35. The van der Waals surface area contributed by atoms with Gasteiger partial charge in [-0.15, -0.1) is 0 Å². The number of ether oxygens (including phenoxy) is 2. The van der Waals surface area contributed by atoms with Crippen molar-refractivity contribution in [1.29, 1.82) is 0 Å². The molecule has 2 N–H and O–H groups in total. The molecule has 0 radical (unpaired) electrons. The molecule has 0 aromatic carbocycles. The molecule has 1 aliphatic rings. The summed E-state index contributed by atoms with van der Waals surface area (Å²) in [6.07, 6.45) is -0.701. The van der Waals surface area contributed by atoms with Crippen LogP contribution in [-0.2, 0) is 16.1 Å². The molecular weight excluding hydrogens is 388 g/mol. The van der Waals surface area contributed by atoms with Gasteiger partial charge in [0.05, 0.1) is 19.7 Å². The summed E-state index contributed by atoms with van der Waals surface area (Å²) < 4.78 is 39.3. The van der Waals surface area contributed by atoms with Gasteiger partial charge < -0.3 is 15.2 Å². The van der Waals surface area contributed by atoms with E-state index in [1.165, 1.54) is 6.20 Å². The fourth-order valence-corrected chi connectivity index (χ4v) is 2.57. The highest BCUT2D eigenvalue weighted by atomic mass is 79.9. The second-order valence-corrected chi connectivity index (χ2v) is 7.54. The maximum absolute atomic E-state index is 14.1. The minimum Gasteiger partial charge on any atom is -0.444 e. The van der Waals surface area contributed by atoms with Crippen LogP contribution >= 0.6 is 15.9 Å². The van der Waals surface area contributed by atoms with Crippen LogP contribution in [0.3, 0.4) is 0 Å². The number of anilines is 1. The predicted octanol–water partition coefficient (Wildman–Crippen LogP) is 3.20. The van der Waals surface area contributed by atoms with Crippen molar-refractivity contribution < 1.29 is 23.0 Å². The van der Waals surface area contributed by atoms with Crippen LogP contribution in [-0.4, -0.2) is 46.7 Å². The van der Waals surface area contributed by atoms with E-state index < -0.39 is 30.3 Å². The van der Waals surface area contributed by atoms with Gasteiger partial charge >= 0.3 is 6.09 Å². The van der Waals surface area contributed by atoms with E-state index in [1.54, 1.807) is 26.8 Å². The van der Waals surface area contributed by atoms with E-state index in [4.69, 9.17) is 15.2 Å². The lowest BCUT2D eigenvalue weighted by molar-refractivity contribution is -0.110. The molecule has 134 valence electrons. The summed E-state index contributed by atoms with van der Waals surface area (Å²) in [6.45, 7) is 3.92. The Labute approximate surface area is 147 Å². The number of likely N-dealkylation sites (tertiary alicyclic amines) is 1.